The number of hydrogen-bond acceptors (Lipinski definition) is 3. The third-order valence-electron chi connectivity index (χ3n) is 3.51. The zero-order valence-electron chi connectivity index (χ0n) is 11.3. The van der Waals surface area contributed by atoms with Gasteiger partial charge in [-0.2, -0.15) is 5.10 Å². The Morgan fingerprint density at radius 1 is 1.20 bits per heavy atom. The van der Waals surface area contributed by atoms with Gasteiger partial charge in [-0.05, 0) is 30.2 Å². The molecule has 0 aliphatic rings. The zero-order valence-corrected chi connectivity index (χ0v) is 11.3. The van der Waals surface area contributed by atoms with Crippen molar-refractivity contribution < 1.29 is 5.11 Å². The summed E-state index contributed by atoms with van der Waals surface area (Å²) < 4.78 is 0. The van der Waals surface area contributed by atoms with Crippen LogP contribution in [0.4, 0.5) is 5.69 Å². The number of rotatable bonds is 4. The highest BCUT2D eigenvalue weighted by molar-refractivity contribution is 5.90. The van der Waals surface area contributed by atoms with Gasteiger partial charge in [0.25, 0.3) is 0 Å². The van der Waals surface area contributed by atoms with E-state index in [1.54, 1.807) is 12.1 Å². The van der Waals surface area contributed by atoms with Crippen LogP contribution in [-0.2, 0) is 0 Å². The zero-order chi connectivity index (χ0) is 13.9. The van der Waals surface area contributed by atoms with E-state index in [4.69, 9.17) is 0 Å². The Bertz CT molecular complexity index is 703. The highest BCUT2D eigenvalue weighted by atomic mass is 16.3. The van der Waals surface area contributed by atoms with Crippen molar-refractivity contribution in [2.75, 3.05) is 5.32 Å². The van der Waals surface area contributed by atoms with Crippen LogP contribution in [0.15, 0.2) is 48.7 Å². The largest absolute Gasteiger partial charge is 0.508 e. The van der Waals surface area contributed by atoms with Crippen LogP contribution in [0.3, 0.4) is 0 Å². The van der Waals surface area contributed by atoms with Gasteiger partial charge in [-0.1, -0.05) is 31.2 Å². The van der Waals surface area contributed by atoms with Gasteiger partial charge >= 0.3 is 0 Å². The Morgan fingerprint density at radius 2 is 2.00 bits per heavy atom. The van der Waals surface area contributed by atoms with E-state index in [1.807, 2.05) is 36.5 Å². The van der Waals surface area contributed by atoms with Crippen LogP contribution in [0.5, 0.6) is 5.75 Å². The van der Waals surface area contributed by atoms with Gasteiger partial charge in [0.1, 0.15) is 5.75 Å². The predicted octanol–water partition coefficient (Wildman–Crippen LogP) is 3.83. The average Bonchev–Trinajstić information content (AvgIpc) is 2.95. The Kier molecular flexibility index (Phi) is 3.29. The molecule has 3 aromatic rings. The summed E-state index contributed by atoms with van der Waals surface area (Å²) >= 11 is 0. The van der Waals surface area contributed by atoms with Gasteiger partial charge in [0.15, 0.2) is 0 Å². The van der Waals surface area contributed by atoms with E-state index in [-0.39, 0.29) is 6.04 Å². The summed E-state index contributed by atoms with van der Waals surface area (Å²) in [5.41, 5.74) is 3.21. The fourth-order valence-corrected chi connectivity index (χ4v) is 2.40. The average molecular weight is 267 g/mol. The van der Waals surface area contributed by atoms with E-state index in [9.17, 15) is 5.11 Å². The van der Waals surface area contributed by atoms with Gasteiger partial charge in [-0.15, -0.1) is 0 Å². The lowest BCUT2D eigenvalue weighted by molar-refractivity contribution is 0.475. The molecule has 0 fully saturated rings. The van der Waals surface area contributed by atoms with Crippen LogP contribution < -0.4 is 5.32 Å². The van der Waals surface area contributed by atoms with Crippen molar-refractivity contribution in [3.8, 4) is 5.75 Å². The van der Waals surface area contributed by atoms with E-state index in [1.165, 1.54) is 0 Å². The Morgan fingerprint density at radius 3 is 2.75 bits per heavy atom. The molecule has 0 aliphatic carbocycles. The van der Waals surface area contributed by atoms with Crippen LogP contribution in [0, 0.1) is 0 Å². The summed E-state index contributed by atoms with van der Waals surface area (Å²) in [7, 11) is 0. The molecule has 2 aromatic carbocycles. The van der Waals surface area contributed by atoms with Crippen molar-refractivity contribution in [3.63, 3.8) is 0 Å². The molecule has 0 amide bonds. The molecule has 3 N–H and O–H groups in total. The number of para-hydroxylation sites is 1. The monoisotopic (exact) mass is 267 g/mol. The lowest BCUT2D eigenvalue weighted by atomic mass is 10.0. The summed E-state index contributed by atoms with van der Waals surface area (Å²) in [6, 6.07) is 13.6. The van der Waals surface area contributed by atoms with Gasteiger partial charge in [0, 0.05) is 5.39 Å². The van der Waals surface area contributed by atoms with E-state index < -0.39 is 0 Å². The molecular formula is C16H17N3O. The Hall–Kier alpha value is -2.49. The number of phenols is 1. The molecule has 0 radical (unpaired) electrons. The number of aromatic nitrogens is 2. The first-order chi connectivity index (χ1) is 9.78. The van der Waals surface area contributed by atoms with Crippen molar-refractivity contribution in [1.82, 2.24) is 10.2 Å². The molecular weight excluding hydrogens is 250 g/mol. The van der Waals surface area contributed by atoms with Crippen molar-refractivity contribution in [2.45, 2.75) is 19.4 Å². The molecule has 102 valence electrons. The minimum Gasteiger partial charge on any atom is -0.508 e. The lowest BCUT2D eigenvalue weighted by Gasteiger charge is -2.19. The molecule has 1 atom stereocenters. The maximum atomic E-state index is 9.38. The Labute approximate surface area is 117 Å². The van der Waals surface area contributed by atoms with Crippen LogP contribution >= 0.6 is 0 Å². The normalized spacial score (nSPS) is 12.4. The topological polar surface area (TPSA) is 60.9 Å². The number of benzene rings is 2. The molecule has 4 nitrogen and oxygen atoms in total. The molecule has 0 spiro atoms. The van der Waals surface area contributed by atoms with Crippen LogP contribution in [-0.4, -0.2) is 15.3 Å². The maximum Gasteiger partial charge on any atom is 0.115 e. The lowest BCUT2D eigenvalue weighted by Crippen LogP contribution is -2.09. The van der Waals surface area contributed by atoms with Crippen LogP contribution in [0.2, 0.25) is 0 Å². The van der Waals surface area contributed by atoms with Crippen molar-refractivity contribution in [1.29, 1.82) is 0 Å². The first-order valence-corrected chi connectivity index (χ1v) is 6.75. The second kappa shape index (κ2) is 5.25. The highest BCUT2D eigenvalue weighted by Gasteiger charge is 2.11. The van der Waals surface area contributed by atoms with E-state index in [0.717, 1.165) is 28.6 Å². The van der Waals surface area contributed by atoms with Gasteiger partial charge in [0.2, 0.25) is 0 Å². The number of hydrogen-bond donors (Lipinski definition) is 3. The first kappa shape index (κ1) is 12.5. The number of nitrogens with one attached hydrogen (secondary N) is 2. The van der Waals surface area contributed by atoms with Crippen LogP contribution in [0.1, 0.15) is 24.9 Å². The molecule has 0 saturated heterocycles. The van der Waals surface area contributed by atoms with Gasteiger partial charge in [-0.3, -0.25) is 5.10 Å². The molecule has 1 unspecified atom stereocenters. The summed E-state index contributed by atoms with van der Waals surface area (Å²) in [5, 5.41) is 21.1. The molecule has 20 heavy (non-hydrogen) atoms. The molecule has 0 bridgehead atoms. The second-order valence-electron chi connectivity index (χ2n) is 4.84. The first-order valence-electron chi connectivity index (χ1n) is 6.75. The molecule has 3 rings (SSSR count). The molecule has 0 saturated carbocycles. The van der Waals surface area contributed by atoms with Gasteiger partial charge < -0.3 is 10.4 Å². The number of fused-ring (bicyclic) bond motifs is 1. The fourth-order valence-electron chi connectivity index (χ4n) is 2.40. The highest BCUT2D eigenvalue weighted by Crippen LogP contribution is 2.27. The standard InChI is InChI=1S/C16H17N3O/c1-2-14(11-6-8-13(20)9-7-11)18-15-5-3-4-12-10-17-19-16(12)15/h3-10,14,18,20H,2H2,1H3,(H,17,19). The number of H-pyrrole nitrogens is 1. The fraction of sp³-hybridized carbons (Fsp3) is 0.188. The molecule has 4 heteroatoms. The Balaban J connectivity index is 1.91. The molecule has 1 aromatic heterocycles. The van der Waals surface area contributed by atoms with Crippen molar-refractivity contribution in [3.05, 3.63) is 54.2 Å². The van der Waals surface area contributed by atoms with Crippen molar-refractivity contribution >= 4 is 16.6 Å². The summed E-state index contributed by atoms with van der Waals surface area (Å²) in [4.78, 5) is 0. The molecule has 0 aliphatic heterocycles. The number of aromatic amines is 1. The van der Waals surface area contributed by atoms with E-state index >= 15 is 0 Å². The number of phenolic OH excluding ortho intramolecular Hbond substituents is 1. The molecule has 1 heterocycles. The quantitative estimate of drug-likeness (QED) is 0.673. The number of aromatic hydroxyl groups is 1. The van der Waals surface area contributed by atoms with Crippen molar-refractivity contribution in [2.24, 2.45) is 0 Å². The summed E-state index contributed by atoms with van der Waals surface area (Å²) in [6.45, 7) is 2.14. The number of nitrogens with zero attached hydrogens (tertiary/aromatic N) is 1. The number of anilines is 1. The van der Waals surface area contributed by atoms with Crippen LogP contribution in [0.25, 0.3) is 10.9 Å². The maximum absolute atomic E-state index is 9.38. The third kappa shape index (κ3) is 2.32. The summed E-state index contributed by atoms with van der Waals surface area (Å²) in [6.07, 6.45) is 2.78. The third-order valence-corrected chi connectivity index (χ3v) is 3.51. The van der Waals surface area contributed by atoms with Gasteiger partial charge in [-0.25, -0.2) is 0 Å². The minimum absolute atomic E-state index is 0.199. The van der Waals surface area contributed by atoms with Gasteiger partial charge in [0.05, 0.1) is 23.4 Å². The smallest absolute Gasteiger partial charge is 0.115 e. The van der Waals surface area contributed by atoms with E-state index in [0.29, 0.717) is 5.75 Å². The minimum atomic E-state index is 0.199. The second-order valence-corrected chi connectivity index (χ2v) is 4.84. The van der Waals surface area contributed by atoms with E-state index in [2.05, 4.69) is 22.4 Å². The summed E-state index contributed by atoms with van der Waals surface area (Å²) in [5.74, 6) is 0.291. The predicted molar refractivity (Wildman–Crippen MR) is 80.9 cm³/mol. The SMILES string of the molecule is CCC(Nc1cccc2cn[nH]c12)c1ccc(O)cc1.